The van der Waals surface area contributed by atoms with Crippen molar-refractivity contribution in [3.8, 4) is 0 Å². The third kappa shape index (κ3) is 2.48. The minimum Gasteiger partial charge on any atom is -0.342 e. The topological polar surface area (TPSA) is 32.3 Å². The van der Waals surface area contributed by atoms with Crippen LogP contribution in [0.15, 0.2) is 0 Å². The molecule has 0 bridgehead atoms. The number of nitrogens with zero attached hydrogens (tertiary/aromatic N) is 1. The quantitative estimate of drug-likeness (QED) is 0.654. The van der Waals surface area contributed by atoms with Crippen molar-refractivity contribution in [3.63, 3.8) is 0 Å². The molecule has 0 aromatic carbocycles. The van der Waals surface area contributed by atoms with E-state index in [1.165, 1.54) is 0 Å². The van der Waals surface area contributed by atoms with Crippen LogP contribution in [-0.4, -0.2) is 37.0 Å². The van der Waals surface area contributed by atoms with E-state index < -0.39 is 0 Å². The summed E-state index contributed by atoms with van der Waals surface area (Å²) in [7, 11) is 0. The molecule has 5 heteroatoms. The molecule has 0 aromatic rings. The molecule has 13 heavy (non-hydrogen) atoms. The Hall–Kier alpha value is 0.01000. The van der Waals surface area contributed by atoms with E-state index in [1.807, 2.05) is 4.90 Å². The molecule has 1 amide bonds. The molecule has 0 radical (unpaired) electrons. The molecule has 2 aliphatic heterocycles. The van der Waals surface area contributed by atoms with Crippen LogP contribution >= 0.6 is 24.8 Å². The zero-order valence-corrected chi connectivity index (χ0v) is 9.29. The first-order valence-electron chi connectivity index (χ1n) is 4.23. The monoisotopic (exact) mass is 226 g/mol. The predicted molar refractivity (Wildman–Crippen MR) is 56.6 cm³/mol. The Morgan fingerprint density at radius 2 is 1.69 bits per heavy atom. The first kappa shape index (κ1) is 13.0. The second-order valence-electron chi connectivity index (χ2n) is 3.60. The Balaban J connectivity index is 0.000000720. The van der Waals surface area contributed by atoms with Gasteiger partial charge >= 0.3 is 0 Å². The van der Waals surface area contributed by atoms with Crippen molar-refractivity contribution in [2.45, 2.75) is 6.92 Å². The van der Waals surface area contributed by atoms with Gasteiger partial charge in [0.05, 0.1) is 0 Å². The molecule has 2 rings (SSSR count). The Morgan fingerprint density at radius 3 is 2.08 bits per heavy atom. The molecule has 2 atom stereocenters. The zero-order chi connectivity index (χ0) is 7.84. The molecule has 0 aliphatic carbocycles. The van der Waals surface area contributed by atoms with E-state index in [0.29, 0.717) is 0 Å². The standard InChI is InChI=1S/C8H14N2O.2ClH/c1-6(11)10-4-7-2-9-3-8(7)5-10;;/h7-9H,2-5H2,1H3;2*1H/t7-,8+;;. The normalized spacial score (nSPS) is 30.4. The molecule has 0 saturated carbocycles. The molecule has 0 unspecified atom stereocenters. The number of nitrogens with one attached hydrogen (secondary N) is 1. The van der Waals surface area contributed by atoms with Gasteiger partial charge in [0, 0.05) is 33.1 Å². The van der Waals surface area contributed by atoms with E-state index in [2.05, 4.69) is 5.32 Å². The average molecular weight is 227 g/mol. The lowest BCUT2D eigenvalue weighted by atomic mass is 10.0. The summed E-state index contributed by atoms with van der Waals surface area (Å²) in [5.74, 6) is 1.71. The molecule has 78 valence electrons. The summed E-state index contributed by atoms with van der Waals surface area (Å²) in [6.07, 6.45) is 0. The summed E-state index contributed by atoms with van der Waals surface area (Å²) < 4.78 is 0. The third-order valence-electron chi connectivity index (χ3n) is 2.83. The van der Waals surface area contributed by atoms with Gasteiger partial charge in [0.15, 0.2) is 0 Å². The highest BCUT2D eigenvalue weighted by Gasteiger charge is 2.36. The van der Waals surface area contributed by atoms with Gasteiger partial charge in [-0.15, -0.1) is 24.8 Å². The smallest absolute Gasteiger partial charge is 0.219 e. The molecule has 2 heterocycles. The highest BCUT2D eigenvalue weighted by Crippen LogP contribution is 2.25. The van der Waals surface area contributed by atoms with Crippen LogP contribution in [0.25, 0.3) is 0 Å². The maximum Gasteiger partial charge on any atom is 0.219 e. The fourth-order valence-corrected chi connectivity index (χ4v) is 2.11. The van der Waals surface area contributed by atoms with Gasteiger partial charge in [-0.1, -0.05) is 0 Å². The first-order chi connectivity index (χ1) is 5.27. The summed E-state index contributed by atoms with van der Waals surface area (Å²) in [6, 6.07) is 0. The van der Waals surface area contributed by atoms with Gasteiger partial charge in [-0.05, 0) is 11.8 Å². The number of hydrogen-bond acceptors (Lipinski definition) is 2. The van der Waals surface area contributed by atoms with Crippen LogP contribution in [0.1, 0.15) is 6.92 Å². The largest absolute Gasteiger partial charge is 0.342 e. The van der Waals surface area contributed by atoms with Crippen LogP contribution in [-0.2, 0) is 4.79 Å². The first-order valence-corrected chi connectivity index (χ1v) is 4.23. The zero-order valence-electron chi connectivity index (χ0n) is 7.66. The second-order valence-corrected chi connectivity index (χ2v) is 3.60. The summed E-state index contributed by atoms with van der Waals surface area (Å²) in [6.45, 7) is 5.83. The average Bonchev–Trinajstić information content (AvgIpc) is 2.40. The van der Waals surface area contributed by atoms with Crippen molar-refractivity contribution in [1.29, 1.82) is 0 Å². The van der Waals surface area contributed by atoms with Crippen molar-refractivity contribution in [2.75, 3.05) is 26.2 Å². The molecule has 2 fully saturated rings. The van der Waals surface area contributed by atoms with Gasteiger partial charge in [-0.3, -0.25) is 4.79 Å². The number of fused-ring (bicyclic) bond motifs is 1. The van der Waals surface area contributed by atoms with Crippen LogP contribution < -0.4 is 5.32 Å². The number of likely N-dealkylation sites (tertiary alicyclic amines) is 1. The summed E-state index contributed by atoms with van der Waals surface area (Å²) in [4.78, 5) is 13.0. The molecule has 3 nitrogen and oxygen atoms in total. The molecule has 0 spiro atoms. The number of hydrogen-bond donors (Lipinski definition) is 1. The fourth-order valence-electron chi connectivity index (χ4n) is 2.11. The number of amides is 1. The van der Waals surface area contributed by atoms with Gasteiger partial charge in [-0.2, -0.15) is 0 Å². The minimum atomic E-state index is 0. The highest BCUT2D eigenvalue weighted by molar-refractivity contribution is 5.85. The Labute approximate surface area is 91.1 Å². The molecule has 2 saturated heterocycles. The van der Waals surface area contributed by atoms with Crippen LogP contribution in [0, 0.1) is 11.8 Å². The van der Waals surface area contributed by atoms with E-state index >= 15 is 0 Å². The van der Waals surface area contributed by atoms with Gasteiger partial charge in [0.1, 0.15) is 0 Å². The molecule has 1 N–H and O–H groups in total. The molecular weight excluding hydrogens is 211 g/mol. The molecule has 0 aromatic heterocycles. The summed E-state index contributed by atoms with van der Waals surface area (Å²) in [5, 5.41) is 3.35. The van der Waals surface area contributed by atoms with Crippen molar-refractivity contribution < 1.29 is 4.79 Å². The van der Waals surface area contributed by atoms with Crippen molar-refractivity contribution >= 4 is 30.7 Å². The Bertz CT molecular complexity index is 177. The maximum atomic E-state index is 11.0. The van der Waals surface area contributed by atoms with E-state index in [0.717, 1.165) is 38.0 Å². The van der Waals surface area contributed by atoms with Gasteiger partial charge in [-0.25, -0.2) is 0 Å². The number of carbonyl (C=O) groups is 1. The second kappa shape index (κ2) is 5.03. The SMILES string of the molecule is CC(=O)N1C[C@H]2CNC[C@H]2C1.Cl.Cl. The fraction of sp³-hybridized carbons (Fsp3) is 0.875. The van der Waals surface area contributed by atoms with Crippen LogP contribution in [0.2, 0.25) is 0 Å². The van der Waals surface area contributed by atoms with Gasteiger partial charge < -0.3 is 10.2 Å². The van der Waals surface area contributed by atoms with Gasteiger partial charge in [0.25, 0.3) is 0 Å². The van der Waals surface area contributed by atoms with E-state index in [9.17, 15) is 4.79 Å². The number of halogens is 2. The summed E-state index contributed by atoms with van der Waals surface area (Å²) >= 11 is 0. The lowest BCUT2D eigenvalue weighted by Gasteiger charge is -2.13. The van der Waals surface area contributed by atoms with E-state index in [4.69, 9.17) is 0 Å². The maximum absolute atomic E-state index is 11.0. The summed E-state index contributed by atoms with van der Waals surface area (Å²) in [5.41, 5.74) is 0. The Morgan fingerprint density at radius 1 is 1.23 bits per heavy atom. The lowest BCUT2D eigenvalue weighted by molar-refractivity contribution is -0.128. The van der Waals surface area contributed by atoms with E-state index in [1.54, 1.807) is 6.92 Å². The highest BCUT2D eigenvalue weighted by atomic mass is 35.5. The predicted octanol–water partition coefficient (Wildman–Crippen LogP) is 0.528. The molecular formula is C8H16Cl2N2O. The van der Waals surface area contributed by atoms with E-state index in [-0.39, 0.29) is 30.7 Å². The number of carbonyl (C=O) groups excluding carboxylic acids is 1. The Kier molecular flexibility index (Phi) is 5.04. The van der Waals surface area contributed by atoms with Crippen molar-refractivity contribution in [1.82, 2.24) is 10.2 Å². The third-order valence-corrected chi connectivity index (χ3v) is 2.83. The van der Waals surface area contributed by atoms with Crippen LogP contribution in [0.5, 0.6) is 0 Å². The lowest BCUT2D eigenvalue weighted by Crippen LogP contribution is -2.29. The molecule has 2 aliphatic rings. The minimum absolute atomic E-state index is 0. The van der Waals surface area contributed by atoms with Crippen LogP contribution in [0.4, 0.5) is 0 Å². The van der Waals surface area contributed by atoms with Gasteiger partial charge in [0.2, 0.25) is 5.91 Å². The van der Waals surface area contributed by atoms with Crippen molar-refractivity contribution in [3.05, 3.63) is 0 Å². The number of rotatable bonds is 0. The van der Waals surface area contributed by atoms with Crippen molar-refractivity contribution in [2.24, 2.45) is 11.8 Å². The van der Waals surface area contributed by atoms with Crippen LogP contribution in [0.3, 0.4) is 0 Å².